The van der Waals surface area contributed by atoms with Gasteiger partial charge in [-0.25, -0.2) is 4.98 Å². The van der Waals surface area contributed by atoms with E-state index in [4.69, 9.17) is 44.3 Å². The van der Waals surface area contributed by atoms with Gasteiger partial charge in [-0.3, -0.25) is 0 Å². The molecular weight excluding hydrogens is 461 g/mol. The molecule has 2 aromatic carbocycles. The van der Waals surface area contributed by atoms with Crippen LogP contribution in [-0.4, -0.2) is 4.98 Å². The Bertz CT molecular complexity index is 1180. The van der Waals surface area contributed by atoms with E-state index in [-0.39, 0.29) is 0 Å². The van der Waals surface area contributed by atoms with E-state index < -0.39 is 0 Å². The Morgan fingerprint density at radius 2 is 1.73 bits per heavy atom. The van der Waals surface area contributed by atoms with Crippen LogP contribution in [0.5, 0.6) is 11.5 Å². The summed E-state index contributed by atoms with van der Waals surface area (Å²) in [7, 11) is 0. The second kappa shape index (κ2) is 9.44. The van der Waals surface area contributed by atoms with Gasteiger partial charge < -0.3 is 9.47 Å². The molecule has 0 unspecified atom stereocenters. The maximum absolute atomic E-state index is 6.37. The average molecular weight is 479 g/mol. The Balaban J connectivity index is 1.49. The Kier molecular flexibility index (Phi) is 6.69. The lowest BCUT2D eigenvalue weighted by molar-refractivity contribution is 0.291. The molecule has 0 amide bonds. The van der Waals surface area contributed by atoms with Crippen molar-refractivity contribution in [2.75, 3.05) is 0 Å². The van der Waals surface area contributed by atoms with Crippen molar-refractivity contribution in [2.24, 2.45) is 0 Å². The minimum Gasteiger partial charge on any atom is -0.489 e. The smallest absolute Gasteiger partial charge is 0.142 e. The number of fused-ring (bicyclic) bond motifs is 1. The highest BCUT2D eigenvalue weighted by Gasteiger charge is 2.14. The molecule has 0 radical (unpaired) electrons. The summed E-state index contributed by atoms with van der Waals surface area (Å²) in [5, 5.41) is 4.72. The van der Waals surface area contributed by atoms with Crippen molar-refractivity contribution in [3.63, 3.8) is 0 Å². The third kappa shape index (κ3) is 4.68. The second-order valence-electron chi connectivity index (χ2n) is 6.69. The van der Waals surface area contributed by atoms with E-state index in [1.165, 1.54) is 5.56 Å². The Labute approximate surface area is 194 Å². The van der Waals surface area contributed by atoms with Gasteiger partial charge in [0.1, 0.15) is 29.9 Å². The highest BCUT2D eigenvalue weighted by Crippen LogP contribution is 2.35. The van der Waals surface area contributed by atoms with Gasteiger partial charge in [0.15, 0.2) is 0 Å². The summed E-state index contributed by atoms with van der Waals surface area (Å²) in [5.74, 6) is 1.23. The van der Waals surface area contributed by atoms with E-state index in [0.717, 1.165) is 27.6 Å². The van der Waals surface area contributed by atoms with E-state index in [2.05, 4.69) is 17.3 Å². The lowest BCUT2D eigenvalue weighted by Gasteiger charge is -2.11. The predicted octanol–water partition coefficient (Wildman–Crippen LogP) is 7.98. The number of hydrogen-bond donors (Lipinski definition) is 0. The maximum atomic E-state index is 6.37. The van der Waals surface area contributed by atoms with Crippen LogP contribution in [0.2, 0.25) is 15.2 Å². The van der Waals surface area contributed by atoms with Crippen molar-refractivity contribution in [3.05, 3.63) is 85.9 Å². The van der Waals surface area contributed by atoms with Crippen LogP contribution < -0.4 is 9.47 Å². The van der Waals surface area contributed by atoms with Gasteiger partial charge in [0.05, 0.1) is 5.02 Å². The number of ether oxygens (including phenoxy) is 2. The van der Waals surface area contributed by atoms with Crippen molar-refractivity contribution in [1.82, 2.24) is 4.98 Å². The highest BCUT2D eigenvalue weighted by atomic mass is 35.5. The topological polar surface area (TPSA) is 31.4 Å². The van der Waals surface area contributed by atoms with E-state index in [9.17, 15) is 0 Å². The standard InChI is InChI=1S/C23H18Cl3NO2S/c1-2-15-10-27-23(26)21-16(13-30-22(15)21)12-29-20-9-18(7-8-19(20)25)28-11-14-3-5-17(24)6-4-14/h3-10,13H,2,11-12H2,1H3. The zero-order chi connectivity index (χ0) is 21.1. The molecule has 2 aromatic heterocycles. The molecule has 0 aliphatic rings. The van der Waals surface area contributed by atoms with Gasteiger partial charge in [-0.05, 0) is 47.2 Å². The second-order valence-corrected chi connectivity index (χ2v) is 8.77. The van der Waals surface area contributed by atoms with Crippen LogP contribution in [0, 0.1) is 0 Å². The molecule has 0 N–H and O–H groups in total. The van der Waals surface area contributed by atoms with Gasteiger partial charge in [0.2, 0.25) is 0 Å². The molecule has 154 valence electrons. The predicted molar refractivity (Wildman–Crippen MR) is 126 cm³/mol. The zero-order valence-electron chi connectivity index (χ0n) is 16.1. The summed E-state index contributed by atoms with van der Waals surface area (Å²) >= 11 is 20.3. The van der Waals surface area contributed by atoms with Crippen LogP contribution in [0.25, 0.3) is 10.1 Å². The van der Waals surface area contributed by atoms with Gasteiger partial charge >= 0.3 is 0 Å². The fourth-order valence-corrected chi connectivity index (χ4v) is 4.82. The van der Waals surface area contributed by atoms with Crippen molar-refractivity contribution in [2.45, 2.75) is 26.6 Å². The Morgan fingerprint density at radius 3 is 2.50 bits per heavy atom. The summed E-state index contributed by atoms with van der Waals surface area (Å²) in [6.45, 7) is 2.87. The number of hydrogen-bond acceptors (Lipinski definition) is 4. The third-order valence-corrected chi connectivity index (χ3v) is 6.64. The zero-order valence-corrected chi connectivity index (χ0v) is 19.2. The van der Waals surface area contributed by atoms with Gasteiger partial charge in [-0.15, -0.1) is 11.3 Å². The third-order valence-electron chi connectivity index (χ3n) is 4.68. The first-order valence-electron chi connectivity index (χ1n) is 9.38. The molecule has 0 aliphatic carbocycles. The lowest BCUT2D eigenvalue weighted by atomic mass is 10.1. The van der Waals surface area contributed by atoms with Gasteiger partial charge in [0.25, 0.3) is 0 Å². The van der Waals surface area contributed by atoms with Crippen molar-refractivity contribution in [3.8, 4) is 11.5 Å². The molecule has 4 rings (SSSR count). The Hall–Kier alpha value is -1.98. The van der Waals surface area contributed by atoms with Crippen LogP contribution in [0.3, 0.4) is 0 Å². The first-order valence-corrected chi connectivity index (χ1v) is 11.4. The van der Waals surface area contributed by atoms with Crippen LogP contribution >= 0.6 is 46.1 Å². The minimum atomic E-state index is 0.342. The fourth-order valence-electron chi connectivity index (χ4n) is 3.06. The molecule has 0 bridgehead atoms. The maximum Gasteiger partial charge on any atom is 0.142 e. The van der Waals surface area contributed by atoms with E-state index in [0.29, 0.717) is 39.9 Å². The lowest BCUT2D eigenvalue weighted by Crippen LogP contribution is -1.98. The van der Waals surface area contributed by atoms with Gasteiger partial charge in [-0.2, -0.15) is 0 Å². The monoisotopic (exact) mass is 477 g/mol. The van der Waals surface area contributed by atoms with Crippen LogP contribution in [-0.2, 0) is 19.6 Å². The van der Waals surface area contributed by atoms with Crippen molar-refractivity contribution < 1.29 is 9.47 Å². The van der Waals surface area contributed by atoms with Crippen LogP contribution in [0.1, 0.15) is 23.6 Å². The average Bonchev–Trinajstić information content (AvgIpc) is 3.19. The molecule has 3 nitrogen and oxygen atoms in total. The fraction of sp³-hybridized carbons (Fsp3) is 0.174. The number of pyridine rings is 1. The van der Waals surface area contributed by atoms with E-state index >= 15 is 0 Å². The van der Waals surface area contributed by atoms with E-state index in [1.807, 2.05) is 36.5 Å². The highest BCUT2D eigenvalue weighted by molar-refractivity contribution is 7.17. The summed E-state index contributed by atoms with van der Waals surface area (Å²) in [5.41, 5.74) is 3.20. The van der Waals surface area contributed by atoms with E-state index in [1.54, 1.807) is 23.5 Å². The van der Waals surface area contributed by atoms with Gasteiger partial charge in [-0.1, -0.05) is 53.9 Å². The number of halogens is 3. The largest absolute Gasteiger partial charge is 0.489 e. The van der Waals surface area contributed by atoms with Crippen LogP contribution in [0.4, 0.5) is 0 Å². The molecule has 2 heterocycles. The molecule has 0 saturated heterocycles. The molecular formula is C23H18Cl3NO2S. The first kappa shape index (κ1) is 21.3. The molecule has 0 aliphatic heterocycles. The summed E-state index contributed by atoms with van der Waals surface area (Å²) < 4.78 is 13.0. The SMILES string of the molecule is CCc1cnc(Cl)c2c(COc3cc(OCc4ccc(Cl)cc4)ccc3Cl)csc12. The van der Waals surface area contributed by atoms with Gasteiger partial charge in [0, 0.05) is 32.9 Å². The summed E-state index contributed by atoms with van der Waals surface area (Å²) in [4.78, 5) is 4.32. The molecule has 0 atom stereocenters. The quantitative estimate of drug-likeness (QED) is 0.252. The van der Waals surface area contributed by atoms with Crippen molar-refractivity contribution in [1.29, 1.82) is 0 Å². The number of benzene rings is 2. The van der Waals surface area contributed by atoms with Crippen molar-refractivity contribution >= 4 is 56.2 Å². The number of aryl methyl sites for hydroxylation is 1. The Morgan fingerprint density at radius 1 is 0.933 bits per heavy atom. The normalized spacial score (nSPS) is 11.1. The number of thiophene rings is 1. The number of nitrogens with zero attached hydrogens (tertiary/aromatic N) is 1. The first-order chi connectivity index (χ1) is 14.5. The molecule has 4 aromatic rings. The number of rotatable bonds is 7. The summed E-state index contributed by atoms with van der Waals surface area (Å²) in [6.07, 6.45) is 2.74. The molecule has 0 fully saturated rings. The molecule has 7 heteroatoms. The number of aromatic nitrogens is 1. The minimum absolute atomic E-state index is 0.342. The van der Waals surface area contributed by atoms with Crippen LogP contribution in [0.15, 0.2) is 54.0 Å². The summed E-state index contributed by atoms with van der Waals surface area (Å²) in [6, 6.07) is 12.9. The molecule has 30 heavy (non-hydrogen) atoms. The molecule has 0 saturated carbocycles. The molecule has 0 spiro atoms.